The van der Waals surface area contributed by atoms with E-state index < -0.39 is 0 Å². The van der Waals surface area contributed by atoms with E-state index in [0.717, 1.165) is 36.6 Å². The molecule has 1 aliphatic rings. The second-order valence-corrected chi connectivity index (χ2v) is 7.88. The van der Waals surface area contributed by atoms with Crippen LogP contribution < -0.4 is 10.2 Å². The number of para-hydroxylation sites is 1. The summed E-state index contributed by atoms with van der Waals surface area (Å²) in [7, 11) is 0. The number of carbonyl (C=O) groups is 1. The van der Waals surface area contributed by atoms with Crippen molar-refractivity contribution in [2.24, 2.45) is 5.92 Å². The lowest BCUT2D eigenvalue weighted by atomic mass is 9.96. The fourth-order valence-corrected chi connectivity index (χ4v) is 4.48. The van der Waals surface area contributed by atoms with Crippen molar-refractivity contribution in [1.29, 1.82) is 0 Å². The molecule has 0 spiro atoms. The Morgan fingerprint density at radius 1 is 1.15 bits per heavy atom. The Hall–Kier alpha value is -2.40. The molecule has 2 aromatic carbocycles. The van der Waals surface area contributed by atoms with Crippen LogP contribution in [-0.4, -0.2) is 24.0 Å². The van der Waals surface area contributed by atoms with Gasteiger partial charge in [-0.05, 0) is 43.0 Å². The molecule has 134 valence electrons. The first-order valence-electron chi connectivity index (χ1n) is 9.13. The fraction of sp³-hybridized carbons (Fsp3) is 0.333. The molecular formula is C21H23N3OS. The number of piperidine rings is 1. The highest BCUT2D eigenvalue weighted by Gasteiger charge is 2.26. The van der Waals surface area contributed by atoms with E-state index >= 15 is 0 Å². The summed E-state index contributed by atoms with van der Waals surface area (Å²) in [5.74, 6) is 0.279. The van der Waals surface area contributed by atoms with Crippen LogP contribution in [0.25, 0.3) is 10.2 Å². The van der Waals surface area contributed by atoms with Crippen LogP contribution in [0.4, 0.5) is 5.13 Å². The third-order valence-electron chi connectivity index (χ3n) is 5.13. The molecule has 1 aliphatic heterocycles. The van der Waals surface area contributed by atoms with E-state index in [9.17, 15) is 4.79 Å². The molecule has 0 radical (unpaired) electrons. The number of benzene rings is 2. The van der Waals surface area contributed by atoms with Crippen LogP contribution in [0, 0.1) is 12.8 Å². The van der Waals surface area contributed by atoms with Gasteiger partial charge in [0.05, 0.1) is 10.2 Å². The Labute approximate surface area is 157 Å². The maximum atomic E-state index is 12.5. The van der Waals surface area contributed by atoms with Gasteiger partial charge in [-0.1, -0.05) is 47.7 Å². The van der Waals surface area contributed by atoms with Gasteiger partial charge in [-0.3, -0.25) is 4.79 Å². The molecule has 1 aromatic heterocycles. The van der Waals surface area contributed by atoms with Crippen molar-refractivity contribution >= 4 is 32.6 Å². The first kappa shape index (κ1) is 17.0. The van der Waals surface area contributed by atoms with Gasteiger partial charge in [-0.2, -0.15) is 0 Å². The van der Waals surface area contributed by atoms with Gasteiger partial charge in [-0.15, -0.1) is 0 Å². The van der Waals surface area contributed by atoms with E-state index in [4.69, 9.17) is 4.98 Å². The molecule has 0 atom stereocenters. The highest BCUT2D eigenvalue weighted by molar-refractivity contribution is 7.22. The molecule has 1 saturated heterocycles. The number of nitrogens with one attached hydrogen (secondary N) is 1. The predicted octanol–water partition coefficient (Wildman–Crippen LogP) is 4.14. The molecule has 2 heterocycles. The number of aromatic nitrogens is 1. The highest BCUT2D eigenvalue weighted by Crippen LogP contribution is 2.31. The number of carbonyl (C=O) groups excluding carboxylic acids is 1. The summed E-state index contributed by atoms with van der Waals surface area (Å²) in [6.07, 6.45) is 1.77. The molecule has 4 rings (SSSR count). The van der Waals surface area contributed by atoms with Gasteiger partial charge in [0, 0.05) is 25.6 Å². The monoisotopic (exact) mass is 365 g/mol. The standard InChI is InChI=1S/C21H23N3OS/c1-15-6-2-3-7-17(15)14-22-20(25)16-10-12-24(13-11-16)21-23-18-8-4-5-9-19(18)26-21/h2-9,16H,10-14H2,1H3,(H,22,25). The van der Waals surface area contributed by atoms with Crippen molar-refractivity contribution in [3.63, 3.8) is 0 Å². The molecule has 26 heavy (non-hydrogen) atoms. The second-order valence-electron chi connectivity index (χ2n) is 6.87. The Morgan fingerprint density at radius 2 is 1.88 bits per heavy atom. The van der Waals surface area contributed by atoms with Crippen molar-refractivity contribution in [3.8, 4) is 0 Å². The van der Waals surface area contributed by atoms with Crippen molar-refractivity contribution < 1.29 is 4.79 Å². The fourth-order valence-electron chi connectivity index (χ4n) is 3.46. The van der Waals surface area contributed by atoms with Crippen molar-refractivity contribution in [1.82, 2.24) is 10.3 Å². The molecule has 1 N–H and O–H groups in total. The number of hydrogen-bond acceptors (Lipinski definition) is 4. The maximum absolute atomic E-state index is 12.5. The summed E-state index contributed by atoms with van der Waals surface area (Å²) in [6, 6.07) is 16.4. The predicted molar refractivity (Wildman–Crippen MR) is 108 cm³/mol. The van der Waals surface area contributed by atoms with Crippen molar-refractivity contribution in [3.05, 3.63) is 59.7 Å². The maximum Gasteiger partial charge on any atom is 0.223 e. The highest BCUT2D eigenvalue weighted by atomic mass is 32.1. The van der Waals surface area contributed by atoms with Crippen LogP contribution >= 0.6 is 11.3 Å². The van der Waals surface area contributed by atoms with Gasteiger partial charge >= 0.3 is 0 Å². The first-order valence-corrected chi connectivity index (χ1v) is 9.95. The number of amides is 1. The van der Waals surface area contributed by atoms with E-state index in [1.807, 2.05) is 18.2 Å². The third-order valence-corrected chi connectivity index (χ3v) is 6.23. The van der Waals surface area contributed by atoms with E-state index in [1.54, 1.807) is 11.3 Å². The molecule has 0 saturated carbocycles. The molecule has 0 unspecified atom stereocenters. The summed E-state index contributed by atoms with van der Waals surface area (Å²) < 4.78 is 1.22. The van der Waals surface area contributed by atoms with Crippen LogP contribution in [0.5, 0.6) is 0 Å². The normalized spacial score (nSPS) is 15.3. The summed E-state index contributed by atoms with van der Waals surface area (Å²) in [5.41, 5.74) is 3.47. The van der Waals surface area contributed by atoms with Crippen LogP contribution in [-0.2, 0) is 11.3 Å². The van der Waals surface area contributed by atoms with Crippen LogP contribution in [0.1, 0.15) is 24.0 Å². The van der Waals surface area contributed by atoms with Crippen LogP contribution in [0.2, 0.25) is 0 Å². The third kappa shape index (κ3) is 3.58. The first-order chi connectivity index (χ1) is 12.7. The number of aryl methyl sites for hydroxylation is 1. The Bertz CT molecular complexity index is 879. The zero-order chi connectivity index (χ0) is 17.9. The molecule has 3 aromatic rings. The molecule has 0 aliphatic carbocycles. The summed E-state index contributed by atoms with van der Waals surface area (Å²) in [5, 5.41) is 4.19. The minimum atomic E-state index is 0.102. The number of nitrogens with zero attached hydrogens (tertiary/aromatic N) is 2. The van der Waals surface area contributed by atoms with Gasteiger partial charge in [0.2, 0.25) is 5.91 Å². The van der Waals surface area contributed by atoms with Gasteiger partial charge < -0.3 is 10.2 Å². The smallest absolute Gasteiger partial charge is 0.223 e. The average Bonchev–Trinajstić information content (AvgIpc) is 3.11. The van der Waals surface area contributed by atoms with Crippen molar-refractivity contribution in [2.45, 2.75) is 26.3 Å². The lowest BCUT2D eigenvalue weighted by molar-refractivity contribution is -0.125. The summed E-state index contributed by atoms with van der Waals surface area (Å²) in [4.78, 5) is 19.6. The Kier molecular flexibility index (Phi) is 4.89. The number of anilines is 1. The molecule has 0 bridgehead atoms. The van der Waals surface area contributed by atoms with Crippen molar-refractivity contribution in [2.75, 3.05) is 18.0 Å². The number of fused-ring (bicyclic) bond motifs is 1. The van der Waals surface area contributed by atoms with Gasteiger partial charge in [0.1, 0.15) is 0 Å². The van der Waals surface area contributed by atoms with E-state index in [0.29, 0.717) is 6.54 Å². The van der Waals surface area contributed by atoms with Crippen LogP contribution in [0.15, 0.2) is 48.5 Å². The number of thiazole rings is 1. The SMILES string of the molecule is Cc1ccccc1CNC(=O)C1CCN(c2nc3ccccc3s2)CC1. The number of hydrogen-bond donors (Lipinski definition) is 1. The van der Waals surface area contributed by atoms with E-state index in [2.05, 4.69) is 47.5 Å². The lowest BCUT2D eigenvalue weighted by Crippen LogP contribution is -2.40. The Balaban J connectivity index is 1.33. The van der Waals surface area contributed by atoms with Gasteiger partial charge in [-0.25, -0.2) is 4.98 Å². The molecule has 4 nitrogen and oxygen atoms in total. The van der Waals surface area contributed by atoms with E-state index in [-0.39, 0.29) is 11.8 Å². The average molecular weight is 366 g/mol. The minimum absolute atomic E-state index is 0.102. The molecule has 1 amide bonds. The lowest BCUT2D eigenvalue weighted by Gasteiger charge is -2.31. The topological polar surface area (TPSA) is 45.2 Å². The molecular weight excluding hydrogens is 342 g/mol. The molecule has 1 fully saturated rings. The molecule has 5 heteroatoms. The number of rotatable bonds is 4. The largest absolute Gasteiger partial charge is 0.352 e. The summed E-state index contributed by atoms with van der Waals surface area (Å²) in [6.45, 7) is 4.48. The van der Waals surface area contributed by atoms with Gasteiger partial charge in [0.15, 0.2) is 5.13 Å². The minimum Gasteiger partial charge on any atom is -0.352 e. The quantitative estimate of drug-likeness (QED) is 0.756. The van der Waals surface area contributed by atoms with Gasteiger partial charge in [0.25, 0.3) is 0 Å². The zero-order valence-corrected chi connectivity index (χ0v) is 15.8. The zero-order valence-electron chi connectivity index (χ0n) is 14.9. The second kappa shape index (κ2) is 7.46. The van der Waals surface area contributed by atoms with Crippen LogP contribution in [0.3, 0.4) is 0 Å². The Morgan fingerprint density at radius 3 is 2.65 bits per heavy atom. The summed E-state index contributed by atoms with van der Waals surface area (Å²) >= 11 is 1.74. The van der Waals surface area contributed by atoms with E-state index in [1.165, 1.54) is 15.8 Å².